The Balaban J connectivity index is 1.37. The van der Waals surface area contributed by atoms with Gasteiger partial charge in [0.1, 0.15) is 12.4 Å². The molecule has 0 bridgehead atoms. The minimum absolute atomic E-state index is 0.0613. The highest BCUT2D eigenvalue weighted by Crippen LogP contribution is 2.46. The number of rotatable bonds is 6. The van der Waals surface area contributed by atoms with Crippen LogP contribution in [-0.4, -0.2) is 47.1 Å². The van der Waals surface area contributed by atoms with Gasteiger partial charge in [-0.05, 0) is 56.6 Å². The number of aliphatic hydroxyl groups is 1. The summed E-state index contributed by atoms with van der Waals surface area (Å²) in [5, 5.41) is 12.3. The first-order valence-corrected chi connectivity index (χ1v) is 10.9. The molecule has 2 N–H and O–H groups in total. The Morgan fingerprint density at radius 1 is 1.24 bits per heavy atom. The fraction of sp³-hybridized carbons (Fsp3) is 0.478. The van der Waals surface area contributed by atoms with Crippen LogP contribution in [-0.2, 0) is 16.4 Å². The summed E-state index contributed by atoms with van der Waals surface area (Å²) in [5.74, 6) is -0.261. The molecule has 1 spiro atoms. The molecule has 6 nitrogen and oxygen atoms in total. The second kappa shape index (κ2) is 9.10. The number of halogens is 5. The molecule has 0 aliphatic carbocycles. The van der Waals surface area contributed by atoms with Crippen LogP contribution < -0.4 is 10.1 Å². The summed E-state index contributed by atoms with van der Waals surface area (Å²) in [6.45, 7) is 2.71. The van der Waals surface area contributed by atoms with E-state index in [1.165, 1.54) is 25.1 Å². The zero-order valence-corrected chi connectivity index (χ0v) is 18.3. The summed E-state index contributed by atoms with van der Waals surface area (Å²) in [6.07, 6.45) is -6.67. The van der Waals surface area contributed by atoms with Crippen molar-refractivity contribution in [1.29, 1.82) is 0 Å². The van der Waals surface area contributed by atoms with E-state index in [4.69, 9.17) is 4.74 Å². The SMILES string of the molecule is CC(O)c1ncc(OCCN2CCC3(CC2)C(=O)Nc2ccc(C(F)F)cc23)cc1C(F)(F)F. The maximum atomic E-state index is 13.3. The summed E-state index contributed by atoms with van der Waals surface area (Å²) >= 11 is 0. The van der Waals surface area contributed by atoms with Gasteiger partial charge in [-0.15, -0.1) is 0 Å². The number of fused-ring (bicyclic) bond motifs is 2. The number of nitrogens with one attached hydrogen (secondary N) is 1. The number of nitrogens with zero attached hydrogens (tertiary/aromatic N) is 2. The van der Waals surface area contributed by atoms with Gasteiger partial charge in [0.25, 0.3) is 6.43 Å². The highest BCUT2D eigenvalue weighted by molar-refractivity contribution is 6.06. The lowest BCUT2D eigenvalue weighted by atomic mass is 9.73. The Kier molecular flexibility index (Phi) is 6.52. The van der Waals surface area contributed by atoms with Crippen molar-refractivity contribution in [2.75, 3.05) is 31.6 Å². The van der Waals surface area contributed by atoms with Gasteiger partial charge in [-0.1, -0.05) is 6.07 Å². The molecule has 0 radical (unpaired) electrons. The third-order valence-corrected chi connectivity index (χ3v) is 6.47. The number of carbonyl (C=O) groups excluding carboxylic acids is 1. The average molecular weight is 485 g/mol. The molecule has 0 saturated carbocycles. The maximum absolute atomic E-state index is 13.3. The van der Waals surface area contributed by atoms with Crippen molar-refractivity contribution < 1.29 is 36.6 Å². The molecule has 1 atom stereocenters. The van der Waals surface area contributed by atoms with Gasteiger partial charge in [0, 0.05) is 17.8 Å². The topological polar surface area (TPSA) is 74.7 Å². The highest BCUT2D eigenvalue weighted by atomic mass is 19.4. The number of aliphatic hydroxyl groups excluding tert-OH is 1. The first-order chi connectivity index (χ1) is 16.0. The van der Waals surface area contributed by atoms with E-state index in [9.17, 15) is 31.9 Å². The number of carbonyl (C=O) groups is 1. The van der Waals surface area contributed by atoms with Gasteiger partial charge in [0.05, 0.1) is 29.0 Å². The van der Waals surface area contributed by atoms with Crippen LogP contribution in [0.1, 0.15) is 54.7 Å². The molecule has 4 rings (SSSR count). The molecular weight excluding hydrogens is 461 g/mol. The van der Waals surface area contributed by atoms with Crippen molar-refractivity contribution in [1.82, 2.24) is 9.88 Å². The van der Waals surface area contributed by atoms with E-state index in [-0.39, 0.29) is 23.8 Å². The van der Waals surface area contributed by atoms with E-state index < -0.39 is 35.4 Å². The summed E-state index contributed by atoms with van der Waals surface area (Å²) < 4.78 is 71.6. The fourth-order valence-corrected chi connectivity index (χ4v) is 4.61. The third kappa shape index (κ3) is 4.58. The molecule has 1 saturated heterocycles. The summed E-state index contributed by atoms with van der Waals surface area (Å²) in [5.41, 5.74) is -1.35. The molecule has 34 heavy (non-hydrogen) atoms. The second-order valence-electron chi connectivity index (χ2n) is 8.61. The van der Waals surface area contributed by atoms with E-state index in [0.717, 1.165) is 12.3 Å². The molecule has 1 amide bonds. The maximum Gasteiger partial charge on any atom is 0.418 e. The monoisotopic (exact) mass is 485 g/mol. The van der Waals surface area contributed by atoms with Gasteiger partial charge in [-0.2, -0.15) is 13.2 Å². The molecule has 1 fully saturated rings. The van der Waals surface area contributed by atoms with Gasteiger partial charge in [-0.25, -0.2) is 8.78 Å². The number of hydrogen-bond donors (Lipinski definition) is 2. The van der Waals surface area contributed by atoms with Crippen LogP contribution in [0.15, 0.2) is 30.5 Å². The van der Waals surface area contributed by atoms with Crippen LogP contribution in [0.4, 0.5) is 27.6 Å². The lowest BCUT2D eigenvalue weighted by Crippen LogP contribution is -2.47. The Bertz CT molecular complexity index is 1070. The predicted octanol–water partition coefficient (Wildman–Crippen LogP) is 4.46. The van der Waals surface area contributed by atoms with Crippen LogP contribution in [0.5, 0.6) is 5.75 Å². The number of likely N-dealkylation sites (tertiary alicyclic amines) is 1. The predicted molar refractivity (Wildman–Crippen MR) is 113 cm³/mol. The minimum Gasteiger partial charge on any atom is -0.491 e. The number of aromatic nitrogens is 1. The van der Waals surface area contributed by atoms with Crippen molar-refractivity contribution in [3.8, 4) is 5.75 Å². The molecule has 1 aromatic heterocycles. The lowest BCUT2D eigenvalue weighted by Gasteiger charge is -2.38. The average Bonchev–Trinajstić information content (AvgIpc) is 3.04. The molecule has 2 aromatic rings. The van der Waals surface area contributed by atoms with Crippen LogP contribution in [0, 0.1) is 0 Å². The fourth-order valence-electron chi connectivity index (χ4n) is 4.61. The zero-order valence-electron chi connectivity index (χ0n) is 18.3. The summed E-state index contributed by atoms with van der Waals surface area (Å²) in [4.78, 5) is 18.4. The van der Waals surface area contributed by atoms with E-state index in [1.807, 2.05) is 4.90 Å². The number of alkyl halides is 5. The van der Waals surface area contributed by atoms with Crippen molar-refractivity contribution in [2.24, 2.45) is 0 Å². The molecule has 3 heterocycles. The van der Waals surface area contributed by atoms with E-state index in [2.05, 4.69) is 10.3 Å². The molecule has 1 aromatic carbocycles. The molecule has 184 valence electrons. The van der Waals surface area contributed by atoms with Gasteiger partial charge >= 0.3 is 6.18 Å². The van der Waals surface area contributed by atoms with Gasteiger partial charge in [-0.3, -0.25) is 14.7 Å². The first kappa shape index (κ1) is 24.3. The molecule has 2 aliphatic rings. The van der Waals surface area contributed by atoms with Crippen LogP contribution in [0.25, 0.3) is 0 Å². The largest absolute Gasteiger partial charge is 0.491 e. The van der Waals surface area contributed by atoms with Gasteiger partial charge < -0.3 is 15.2 Å². The number of amides is 1. The standard InChI is InChI=1S/C23H24F5N3O3/c1-13(32)19-17(23(26,27)28)11-15(12-29-19)34-9-8-31-6-4-22(5-7-31)16-10-14(20(24)25)2-3-18(16)30-21(22)33/h2-3,10-13,20,32H,4-9H2,1H3,(H,30,33). The van der Waals surface area contributed by atoms with Crippen molar-refractivity contribution in [3.05, 3.63) is 52.8 Å². The molecule has 2 aliphatic heterocycles. The Hall–Kier alpha value is -2.79. The van der Waals surface area contributed by atoms with Crippen molar-refractivity contribution in [2.45, 2.75) is 43.9 Å². The highest BCUT2D eigenvalue weighted by Gasteiger charge is 2.48. The summed E-state index contributed by atoms with van der Waals surface area (Å²) in [7, 11) is 0. The Morgan fingerprint density at radius 2 is 1.94 bits per heavy atom. The van der Waals surface area contributed by atoms with Crippen LogP contribution in [0.3, 0.4) is 0 Å². The number of benzene rings is 1. The molecule has 1 unspecified atom stereocenters. The number of pyridine rings is 1. The number of piperidine rings is 1. The van der Waals surface area contributed by atoms with E-state index >= 15 is 0 Å². The molecular formula is C23H24F5N3O3. The first-order valence-electron chi connectivity index (χ1n) is 10.9. The second-order valence-corrected chi connectivity index (χ2v) is 8.61. The Labute approximate surface area is 192 Å². The van der Waals surface area contributed by atoms with Crippen LogP contribution >= 0.6 is 0 Å². The number of hydrogen-bond acceptors (Lipinski definition) is 5. The van der Waals surface area contributed by atoms with Crippen LogP contribution in [0.2, 0.25) is 0 Å². The lowest BCUT2D eigenvalue weighted by molar-refractivity contribution is -0.139. The van der Waals surface area contributed by atoms with Crippen molar-refractivity contribution in [3.63, 3.8) is 0 Å². The van der Waals surface area contributed by atoms with Crippen molar-refractivity contribution >= 4 is 11.6 Å². The molecule has 11 heteroatoms. The van der Waals surface area contributed by atoms with E-state index in [1.54, 1.807) is 0 Å². The normalized spacial score (nSPS) is 18.8. The quantitative estimate of drug-likeness (QED) is 0.592. The Morgan fingerprint density at radius 3 is 2.56 bits per heavy atom. The minimum atomic E-state index is -4.68. The smallest absolute Gasteiger partial charge is 0.418 e. The zero-order chi connectivity index (χ0) is 24.7. The third-order valence-electron chi connectivity index (χ3n) is 6.47. The van der Waals surface area contributed by atoms with Gasteiger partial charge in [0.15, 0.2) is 0 Å². The van der Waals surface area contributed by atoms with E-state index in [0.29, 0.717) is 43.7 Å². The number of anilines is 1. The van der Waals surface area contributed by atoms with Gasteiger partial charge in [0.2, 0.25) is 5.91 Å². The summed E-state index contributed by atoms with van der Waals surface area (Å²) in [6, 6.07) is 5.04. The number of ether oxygens (including phenoxy) is 1.